The van der Waals surface area contributed by atoms with Gasteiger partial charge in [-0.1, -0.05) is 30.2 Å². The maximum absolute atomic E-state index is 5.88. The highest BCUT2D eigenvalue weighted by atomic mass is 16.5. The topological polar surface area (TPSA) is 60.8 Å². The summed E-state index contributed by atoms with van der Waals surface area (Å²) in [5, 5.41) is 0. The van der Waals surface area contributed by atoms with Crippen molar-refractivity contribution in [1.82, 2.24) is 19.9 Å². The Hall–Kier alpha value is -3.78. The first-order valence-corrected chi connectivity index (χ1v) is 8.10. The summed E-state index contributed by atoms with van der Waals surface area (Å²) in [6.07, 6.45) is 5.16. The Kier molecular flexibility index (Phi) is 4.48. The lowest BCUT2D eigenvalue weighted by atomic mass is 10.2. The number of pyridine rings is 2. The zero-order chi connectivity index (χ0) is 17.6. The third-order valence-corrected chi connectivity index (χ3v) is 3.61. The molecular weight excluding hydrogens is 324 g/mol. The monoisotopic (exact) mass is 338 g/mol. The van der Waals surface area contributed by atoms with Gasteiger partial charge in [-0.15, -0.1) is 0 Å². The molecule has 4 aromatic rings. The van der Waals surface area contributed by atoms with Gasteiger partial charge in [0.15, 0.2) is 11.3 Å². The summed E-state index contributed by atoms with van der Waals surface area (Å²) >= 11 is 0. The van der Waals surface area contributed by atoms with Crippen LogP contribution in [0, 0.1) is 11.8 Å². The number of fused-ring (bicyclic) bond motifs is 1. The van der Waals surface area contributed by atoms with Gasteiger partial charge in [0.05, 0.1) is 0 Å². The van der Waals surface area contributed by atoms with Crippen molar-refractivity contribution < 1.29 is 4.74 Å². The highest BCUT2D eigenvalue weighted by molar-refractivity contribution is 5.71. The van der Waals surface area contributed by atoms with E-state index in [1.165, 1.54) is 0 Å². The highest BCUT2D eigenvalue weighted by Crippen LogP contribution is 2.18. The molecule has 0 atom stereocenters. The number of hydrogen-bond acceptors (Lipinski definition) is 5. The number of ether oxygens (including phenoxy) is 1. The van der Waals surface area contributed by atoms with Gasteiger partial charge in [-0.3, -0.25) is 4.98 Å². The fourth-order valence-corrected chi connectivity index (χ4v) is 2.35. The average Bonchev–Trinajstić information content (AvgIpc) is 2.72. The maximum Gasteiger partial charge on any atom is 0.250 e. The van der Waals surface area contributed by atoms with E-state index in [2.05, 4.69) is 31.8 Å². The zero-order valence-electron chi connectivity index (χ0n) is 13.8. The number of hydrogen-bond donors (Lipinski definition) is 0. The van der Waals surface area contributed by atoms with Crippen molar-refractivity contribution in [3.05, 3.63) is 90.0 Å². The second-order valence-corrected chi connectivity index (χ2v) is 5.49. The van der Waals surface area contributed by atoms with Crippen LogP contribution in [0.2, 0.25) is 0 Å². The zero-order valence-corrected chi connectivity index (χ0v) is 13.8. The first-order valence-electron chi connectivity index (χ1n) is 8.10. The Morgan fingerprint density at radius 3 is 2.58 bits per heavy atom. The molecular formula is C21H14N4O. The van der Waals surface area contributed by atoms with E-state index in [0.717, 1.165) is 11.1 Å². The Labute approximate surface area is 150 Å². The van der Waals surface area contributed by atoms with Crippen LogP contribution in [-0.2, 0) is 6.61 Å². The van der Waals surface area contributed by atoms with Crippen LogP contribution in [0.5, 0.6) is 5.88 Å². The smallest absolute Gasteiger partial charge is 0.250 e. The van der Waals surface area contributed by atoms with Gasteiger partial charge < -0.3 is 4.74 Å². The summed E-state index contributed by atoms with van der Waals surface area (Å²) in [6.45, 7) is 0.342. The standard InChI is InChI=1S/C21H14N4O/c1-2-6-16(7-3-1)10-11-19-21(26-15-17-8-4-12-22-14-17)25-18-9-5-13-23-20(18)24-19/h1-9,12-14H,15H2. The lowest BCUT2D eigenvalue weighted by molar-refractivity contribution is 0.292. The molecule has 124 valence electrons. The normalized spacial score (nSPS) is 10.2. The van der Waals surface area contributed by atoms with Gasteiger partial charge in [0.25, 0.3) is 0 Å². The van der Waals surface area contributed by atoms with Crippen LogP contribution in [0.4, 0.5) is 0 Å². The third-order valence-electron chi connectivity index (χ3n) is 3.61. The first-order chi connectivity index (χ1) is 12.9. The molecule has 0 N–H and O–H groups in total. The lowest BCUT2D eigenvalue weighted by Gasteiger charge is -2.07. The molecule has 0 spiro atoms. The van der Waals surface area contributed by atoms with Crippen LogP contribution in [-0.4, -0.2) is 19.9 Å². The van der Waals surface area contributed by atoms with Crippen molar-refractivity contribution in [3.8, 4) is 17.7 Å². The van der Waals surface area contributed by atoms with Crippen LogP contribution < -0.4 is 4.74 Å². The van der Waals surface area contributed by atoms with Crippen molar-refractivity contribution in [2.75, 3.05) is 0 Å². The Balaban J connectivity index is 1.70. The Morgan fingerprint density at radius 2 is 1.73 bits per heavy atom. The van der Waals surface area contributed by atoms with Gasteiger partial charge >= 0.3 is 0 Å². The molecule has 0 aliphatic rings. The summed E-state index contributed by atoms with van der Waals surface area (Å²) in [5.74, 6) is 6.53. The summed E-state index contributed by atoms with van der Waals surface area (Å²) < 4.78 is 5.88. The van der Waals surface area contributed by atoms with E-state index in [0.29, 0.717) is 29.3 Å². The summed E-state index contributed by atoms with van der Waals surface area (Å²) in [4.78, 5) is 17.4. The molecule has 5 nitrogen and oxygen atoms in total. The van der Waals surface area contributed by atoms with Gasteiger partial charge in [-0.05, 0) is 36.3 Å². The van der Waals surface area contributed by atoms with Crippen molar-refractivity contribution in [3.63, 3.8) is 0 Å². The Morgan fingerprint density at radius 1 is 0.846 bits per heavy atom. The Bertz CT molecular complexity index is 1090. The molecule has 0 saturated carbocycles. The molecule has 0 amide bonds. The number of nitrogens with zero attached hydrogens (tertiary/aromatic N) is 4. The summed E-state index contributed by atoms with van der Waals surface area (Å²) in [5.41, 5.74) is 3.51. The van der Waals surface area contributed by atoms with Gasteiger partial charge in [-0.2, -0.15) is 0 Å². The van der Waals surface area contributed by atoms with E-state index in [9.17, 15) is 0 Å². The van der Waals surface area contributed by atoms with Crippen LogP contribution >= 0.6 is 0 Å². The molecule has 0 bridgehead atoms. The average molecular weight is 338 g/mol. The molecule has 4 rings (SSSR count). The molecule has 5 heteroatoms. The van der Waals surface area contributed by atoms with Crippen LogP contribution in [0.15, 0.2) is 73.2 Å². The second kappa shape index (κ2) is 7.41. The quantitative estimate of drug-likeness (QED) is 0.536. The van der Waals surface area contributed by atoms with Gasteiger partial charge in [0, 0.05) is 29.7 Å². The van der Waals surface area contributed by atoms with Gasteiger partial charge in [0.2, 0.25) is 5.88 Å². The molecule has 1 aromatic carbocycles. The SMILES string of the molecule is C(#Cc1nc2ncccc2nc1OCc1cccnc1)c1ccccc1. The minimum Gasteiger partial charge on any atom is -0.471 e. The minimum absolute atomic E-state index is 0.342. The predicted molar refractivity (Wildman–Crippen MR) is 98.3 cm³/mol. The van der Waals surface area contributed by atoms with Crippen LogP contribution in [0.3, 0.4) is 0 Å². The first kappa shape index (κ1) is 15.7. The second-order valence-electron chi connectivity index (χ2n) is 5.49. The van der Waals surface area contributed by atoms with E-state index in [1.807, 2.05) is 54.6 Å². The number of aromatic nitrogens is 4. The molecule has 0 aliphatic heterocycles. The van der Waals surface area contributed by atoms with Crippen LogP contribution in [0.25, 0.3) is 11.2 Å². The molecule has 26 heavy (non-hydrogen) atoms. The fourth-order valence-electron chi connectivity index (χ4n) is 2.35. The fraction of sp³-hybridized carbons (Fsp3) is 0.0476. The summed E-state index contributed by atoms with van der Waals surface area (Å²) in [6, 6.07) is 17.2. The predicted octanol–water partition coefficient (Wildman–Crippen LogP) is 3.40. The molecule has 3 heterocycles. The van der Waals surface area contributed by atoms with Crippen LogP contribution in [0.1, 0.15) is 16.8 Å². The number of benzene rings is 1. The molecule has 0 saturated heterocycles. The number of rotatable bonds is 3. The lowest BCUT2D eigenvalue weighted by Crippen LogP contribution is -2.02. The van der Waals surface area contributed by atoms with E-state index < -0.39 is 0 Å². The highest BCUT2D eigenvalue weighted by Gasteiger charge is 2.09. The molecule has 0 aliphatic carbocycles. The largest absolute Gasteiger partial charge is 0.471 e. The van der Waals surface area contributed by atoms with E-state index in [1.54, 1.807) is 18.6 Å². The molecule has 3 aromatic heterocycles. The molecule has 0 radical (unpaired) electrons. The van der Waals surface area contributed by atoms with Gasteiger partial charge in [-0.25, -0.2) is 15.0 Å². The van der Waals surface area contributed by atoms with Crippen molar-refractivity contribution >= 4 is 11.2 Å². The van der Waals surface area contributed by atoms with E-state index in [4.69, 9.17) is 4.74 Å². The maximum atomic E-state index is 5.88. The third kappa shape index (κ3) is 3.65. The minimum atomic E-state index is 0.342. The van der Waals surface area contributed by atoms with Gasteiger partial charge in [0.1, 0.15) is 12.1 Å². The van der Waals surface area contributed by atoms with Crippen molar-refractivity contribution in [2.24, 2.45) is 0 Å². The summed E-state index contributed by atoms with van der Waals surface area (Å²) in [7, 11) is 0. The van der Waals surface area contributed by atoms with Crippen molar-refractivity contribution in [2.45, 2.75) is 6.61 Å². The van der Waals surface area contributed by atoms with E-state index in [-0.39, 0.29) is 0 Å². The molecule has 0 fully saturated rings. The van der Waals surface area contributed by atoms with E-state index >= 15 is 0 Å². The molecule has 0 unspecified atom stereocenters. The van der Waals surface area contributed by atoms with Crippen molar-refractivity contribution in [1.29, 1.82) is 0 Å².